The van der Waals surface area contributed by atoms with Gasteiger partial charge in [-0.1, -0.05) is 12.1 Å². The second-order valence-corrected chi connectivity index (χ2v) is 3.64. The summed E-state index contributed by atoms with van der Waals surface area (Å²) >= 11 is 0. The molecule has 0 amide bonds. The summed E-state index contributed by atoms with van der Waals surface area (Å²) < 4.78 is 38.4. The maximum atomic E-state index is 12.9. The van der Waals surface area contributed by atoms with Crippen molar-refractivity contribution in [2.24, 2.45) is 0 Å². The lowest BCUT2D eigenvalue weighted by Crippen LogP contribution is -2.00. The number of hydrogen-bond acceptors (Lipinski definition) is 1. The molecule has 0 saturated heterocycles. The van der Waals surface area contributed by atoms with Crippen molar-refractivity contribution < 1.29 is 13.2 Å². The number of anilines is 1. The van der Waals surface area contributed by atoms with Crippen molar-refractivity contribution in [3.05, 3.63) is 65.5 Å². The van der Waals surface area contributed by atoms with Crippen molar-refractivity contribution in [3.8, 4) is 0 Å². The second-order valence-electron chi connectivity index (χ2n) is 3.64. The SMILES string of the molecule is Fc1ccc(CNc2cc(F)cc(F)c2)cc1. The zero-order valence-corrected chi connectivity index (χ0v) is 8.88. The lowest BCUT2D eigenvalue weighted by molar-refractivity contribution is 0.584. The molecule has 2 aromatic rings. The Hall–Kier alpha value is -1.97. The van der Waals surface area contributed by atoms with Crippen molar-refractivity contribution in [1.29, 1.82) is 0 Å². The Morgan fingerprint density at radius 1 is 0.765 bits per heavy atom. The van der Waals surface area contributed by atoms with Crippen molar-refractivity contribution in [2.45, 2.75) is 6.54 Å². The summed E-state index contributed by atoms with van der Waals surface area (Å²) in [5.74, 6) is -1.58. The van der Waals surface area contributed by atoms with Crippen LogP contribution in [0.5, 0.6) is 0 Å². The minimum absolute atomic E-state index is 0.314. The number of nitrogens with one attached hydrogen (secondary N) is 1. The van der Waals surface area contributed by atoms with Crippen molar-refractivity contribution in [3.63, 3.8) is 0 Å². The van der Waals surface area contributed by atoms with Gasteiger partial charge in [-0.05, 0) is 29.8 Å². The largest absolute Gasteiger partial charge is 0.381 e. The summed E-state index contributed by atoms with van der Waals surface area (Å²) in [5, 5.41) is 2.86. The molecule has 0 unspecified atom stereocenters. The van der Waals surface area contributed by atoms with E-state index in [-0.39, 0.29) is 5.82 Å². The number of benzene rings is 2. The van der Waals surface area contributed by atoms with Gasteiger partial charge < -0.3 is 5.32 Å². The molecule has 0 bridgehead atoms. The van der Waals surface area contributed by atoms with Gasteiger partial charge in [-0.2, -0.15) is 0 Å². The van der Waals surface area contributed by atoms with Gasteiger partial charge in [-0.3, -0.25) is 0 Å². The number of rotatable bonds is 3. The van der Waals surface area contributed by atoms with E-state index in [0.717, 1.165) is 11.6 Å². The zero-order chi connectivity index (χ0) is 12.3. The van der Waals surface area contributed by atoms with Gasteiger partial charge in [-0.25, -0.2) is 13.2 Å². The molecule has 0 fully saturated rings. The highest BCUT2D eigenvalue weighted by Gasteiger charge is 2.00. The van der Waals surface area contributed by atoms with Crippen molar-refractivity contribution in [2.75, 3.05) is 5.32 Å². The first-order valence-corrected chi connectivity index (χ1v) is 5.08. The summed E-state index contributed by atoms with van der Waals surface area (Å²) in [4.78, 5) is 0. The monoisotopic (exact) mass is 237 g/mol. The van der Waals surface area contributed by atoms with Gasteiger partial charge in [0.05, 0.1) is 0 Å². The first kappa shape index (κ1) is 11.5. The first-order chi connectivity index (χ1) is 8.13. The van der Waals surface area contributed by atoms with Crippen molar-refractivity contribution in [1.82, 2.24) is 0 Å². The fourth-order valence-corrected chi connectivity index (χ4v) is 1.46. The van der Waals surface area contributed by atoms with E-state index in [1.54, 1.807) is 12.1 Å². The minimum atomic E-state index is -0.633. The minimum Gasteiger partial charge on any atom is -0.381 e. The summed E-state index contributed by atoms with van der Waals surface area (Å²) in [6, 6.07) is 9.10. The Morgan fingerprint density at radius 3 is 1.94 bits per heavy atom. The van der Waals surface area contributed by atoms with E-state index in [0.29, 0.717) is 12.2 Å². The Morgan fingerprint density at radius 2 is 1.35 bits per heavy atom. The van der Waals surface area contributed by atoms with Gasteiger partial charge in [-0.15, -0.1) is 0 Å². The van der Waals surface area contributed by atoms with E-state index in [9.17, 15) is 13.2 Å². The average Bonchev–Trinajstić information content (AvgIpc) is 2.27. The van der Waals surface area contributed by atoms with Gasteiger partial charge in [0.1, 0.15) is 17.5 Å². The number of halogens is 3. The summed E-state index contributed by atoms with van der Waals surface area (Å²) in [7, 11) is 0. The highest BCUT2D eigenvalue weighted by molar-refractivity contribution is 5.44. The molecule has 0 saturated carbocycles. The molecular weight excluding hydrogens is 227 g/mol. The third-order valence-electron chi connectivity index (χ3n) is 2.27. The number of hydrogen-bond donors (Lipinski definition) is 1. The highest BCUT2D eigenvalue weighted by atomic mass is 19.1. The van der Waals surface area contributed by atoms with Gasteiger partial charge in [0.15, 0.2) is 0 Å². The molecule has 17 heavy (non-hydrogen) atoms. The molecule has 0 spiro atoms. The van der Waals surface area contributed by atoms with Gasteiger partial charge in [0, 0.05) is 18.3 Å². The molecular formula is C13H10F3N. The lowest BCUT2D eigenvalue weighted by atomic mass is 10.2. The van der Waals surface area contributed by atoms with Crippen LogP contribution in [0, 0.1) is 17.5 Å². The summed E-state index contributed by atoms with van der Waals surface area (Å²) in [5.41, 5.74) is 1.18. The quantitative estimate of drug-likeness (QED) is 0.857. The smallest absolute Gasteiger partial charge is 0.128 e. The molecule has 1 N–H and O–H groups in total. The van der Waals surface area contributed by atoms with Crippen LogP contribution >= 0.6 is 0 Å². The Bertz CT molecular complexity index is 488. The highest BCUT2D eigenvalue weighted by Crippen LogP contribution is 2.14. The maximum absolute atomic E-state index is 12.9. The molecule has 0 aliphatic heterocycles. The average molecular weight is 237 g/mol. The first-order valence-electron chi connectivity index (χ1n) is 5.08. The van der Waals surface area contributed by atoms with E-state index < -0.39 is 11.6 Å². The summed E-state index contributed by atoms with van der Waals surface area (Å²) in [6.07, 6.45) is 0. The summed E-state index contributed by atoms with van der Waals surface area (Å²) in [6.45, 7) is 0.378. The molecule has 88 valence electrons. The second kappa shape index (κ2) is 4.91. The Kier molecular flexibility index (Phi) is 3.32. The molecule has 4 heteroatoms. The van der Waals surface area contributed by atoms with E-state index in [2.05, 4.69) is 5.32 Å². The van der Waals surface area contributed by atoms with Crippen LogP contribution in [0.25, 0.3) is 0 Å². The van der Waals surface area contributed by atoms with Gasteiger partial charge in [0.2, 0.25) is 0 Å². The topological polar surface area (TPSA) is 12.0 Å². The Balaban J connectivity index is 2.04. The van der Waals surface area contributed by atoms with E-state index in [1.165, 1.54) is 24.3 Å². The molecule has 2 aromatic carbocycles. The van der Waals surface area contributed by atoms with Gasteiger partial charge >= 0.3 is 0 Å². The molecule has 0 radical (unpaired) electrons. The van der Waals surface area contributed by atoms with Crippen LogP contribution in [-0.2, 0) is 6.54 Å². The normalized spacial score (nSPS) is 10.3. The van der Waals surface area contributed by atoms with E-state index >= 15 is 0 Å². The van der Waals surface area contributed by atoms with Crippen LogP contribution in [0.1, 0.15) is 5.56 Å². The molecule has 0 atom stereocenters. The lowest BCUT2D eigenvalue weighted by Gasteiger charge is -2.06. The maximum Gasteiger partial charge on any atom is 0.128 e. The van der Waals surface area contributed by atoms with Crippen LogP contribution < -0.4 is 5.32 Å². The van der Waals surface area contributed by atoms with Crippen LogP contribution in [0.2, 0.25) is 0 Å². The fraction of sp³-hybridized carbons (Fsp3) is 0.0769. The standard InChI is InChI=1S/C13H10F3N/c14-10-3-1-9(2-4-10)8-17-13-6-11(15)5-12(16)7-13/h1-7,17H,8H2. The Labute approximate surface area is 96.9 Å². The van der Waals surface area contributed by atoms with E-state index in [1.807, 2.05) is 0 Å². The molecule has 2 rings (SSSR count). The zero-order valence-electron chi connectivity index (χ0n) is 8.88. The predicted octanol–water partition coefficient (Wildman–Crippen LogP) is 3.72. The predicted molar refractivity (Wildman–Crippen MR) is 60.1 cm³/mol. The van der Waals surface area contributed by atoms with Gasteiger partial charge in [0.25, 0.3) is 0 Å². The third kappa shape index (κ3) is 3.24. The van der Waals surface area contributed by atoms with Crippen LogP contribution in [-0.4, -0.2) is 0 Å². The fourth-order valence-electron chi connectivity index (χ4n) is 1.46. The molecule has 1 nitrogen and oxygen atoms in total. The molecule has 0 aromatic heterocycles. The molecule has 0 aliphatic carbocycles. The van der Waals surface area contributed by atoms with E-state index in [4.69, 9.17) is 0 Å². The van der Waals surface area contributed by atoms with Crippen molar-refractivity contribution >= 4 is 5.69 Å². The third-order valence-corrected chi connectivity index (χ3v) is 2.27. The molecule has 0 aliphatic rings. The van der Waals surface area contributed by atoms with Crippen LogP contribution in [0.15, 0.2) is 42.5 Å². The van der Waals surface area contributed by atoms with Crippen LogP contribution in [0.3, 0.4) is 0 Å². The van der Waals surface area contributed by atoms with Crippen LogP contribution in [0.4, 0.5) is 18.9 Å². The molecule has 0 heterocycles.